The highest BCUT2D eigenvalue weighted by molar-refractivity contribution is 7.85. The zero-order chi connectivity index (χ0) is 25.2. The van der Waals surface area contributed by atoms with Crippen LogP contribution in [0.1, 0.15) is 58.9 Å². The van der Waals surface area contributed by atoms with E-state index in [2.05, 4.69) is 15.3 Å². The van der Waals surface area contributed by atoms with Crippen LogP contribution < -0.4 is 0 Å². The van der Waals surface area contributed by atoms with Gasteiger partial charge in [0.25, 0.3) is 10.1 Å². The molecular formula is C24H33N5O5S. The minimum atomic E-state index is -3.48. The summed E-state index contributed by atoms with van der Waals surface area (Å²) in [5.41, 5.74) is 1.79. The molecule has 0 amide bonds. The third-order valence-electron chi connectivity index (χ3n) is 6.42. The van der Waals surface area contributed by atoms with Crippen molar-refractivity contribution in [3.05, 3.63) is 30.9 Å². The number of esters is 1. The van der Waals surface area contributed by atoms with Gasteiger partial charge in [0, 0.05) is 28.9 Å². The van der Waals surface area contributed by atoms with Crippen LogP contribution in [0.3, 0.4) is 0 Å². The van der Waals surface area contributed by atoms with Crippen molar-refractivity contribution in [2.24, 2.45) is 11.3 Å². The van der Waals surface area contributed by atoms with Gasteiger partial charge >= 0.3 is 5.97 Å². The number of ether oxygens (including phenoxy) is 1. The molecule has 0 N–H and O–H groups in total. The van der Waals surface area contributed by atoms with E-state index < -0.39 is 15.5 Å². The Hall–Kier alpha value is -2.79. The highest BCUT2D eigenvalue weighted by Gasteiger charge is 2.28. The number of carbonyl (C=O) groups excluding carboxylic acids is 1. The van der Waals surface area contributed by atoms with E-state index in [9.17, 15) is 13.2 Å². The normalized spacial score (nSPS) is 16.1. The topological polar surface area (TPSA) is 118 Å². The molecule has 1 aliphatic rings. The van der Waals surface area contributed by atoms with E-state index in [0.29, 0.717) is 18.0 Å². The fourth-order valence-corrected chi connectivity index (χ4v) is 4.98. The quantitative estimate of drug-likeness (QED) is 0.318. The number of rotatable bonds is 9. The van der Waals surface area contributed by atoms with Gasteiger partial charge in [0.1, 0.15) is 0 Å². The summed E-state index contributed by atoms with van der Waals surface area (Å²) in [4.78, 5) is 12.2. The molecule has 0 unspecified atom stereocenters. The first-order valence-corrected chi connectivity index (χ1v) is 13.7. The number of hydrogen-bond donors (Lipinski definition) is 0. The molecule has 3 aromatic heterocycles. The van der Waals surface area contributed by atoms with Crippen molar-refractivity contribution in [2.45, 2.75) is 65.6 Å². The number of hydrogen-bond acceptors (Lipinski definition) is 8. The maximum absolute atomic E-state index is 12.2. The van der Waals surface area contributed by atoms with Crippen molar-refractivity contribution in [3.8, 4) is 11.1 Å². The van der Waals surface area contributed by atoms with Gasteiger partial charge in [-0.05, 0) is 52.0 Å². The third-order valence-corrected chi connectivity index (χ3v) is 7.01. The van der Waals surface area contributed by atoms with Gasteiger partial charge in [-0.2, -0.15) is 18.6 Å². The molecule has 0 spiro atoms. The van der Waals surface area contributed by atoms with Crippen molar-refractivity contribution in [3.63, 3.8) is 0 Å². The molecule has 1 fully saturated rings. The van der Waals surface area contributed by atoms with Gasteiger partial charge in [0.2, 0.25) is 0 Å². The van der Waals surface area contributed by atoms with Gasteiger partial charge in [0.15, 0.2) is 12.4 Å². The van der Waals surface area contributed by atoms with E-state index in [-0.39, 0.29) is 25.3 Å². The van der Waals surface area contributed by atoms with Gasteiger partial charge in [-0.15, -0.1) is 5.10 Å². The Morgan fingerprint density at radius 2 is 1.97 bits per heavy atom. The van der Waals surface area contributed by atoms with Gasteiger partial charge < -0.3 is 4.74 Å². The molecule has 0 radical (unpaired) electrons. The average Bonchev–Trinajstić information content (AvgIpc) is 3.54. The van der Waals surface area contributed by atoms with E-state index in [1.54, 1.807) is 17.0 Å². The Balaban J connectivity index is 1.56. The second-order valence-corrected chi connectivity index (χ2v) is 11.9. The maximum Gasteiger partial charge on any atom is 0.312 e. The van der Waals surface area contributed by atoms with E-state index in [1.165, 1.54) is 12.8 Å². The van der Waals surface area contributed by atoms with E-state index >= 15 is 0 Å². The minimum Gasteiger partial charge on any atom is -0.443 e. The minimum absolute atomic E-state index is 0.0553. The smallest absolute Gasteiger partial charge is 0.312 e. The molecule has 11 heteroatoms. The summed E-state index contributed by atoms with van der Waals surface area (Å²) >= 11 is 0. The molecule has 35 heavy (non-hydrogen) atoms. The van der Waals surface area contributed by atoms with Crippen molar-refractivity contribution < 1.29 is 22.1 Å². The van der Waals surface area contributed by atoms with Gasteiger partial charge in [-0.25, -0.2) is 0 Å². The summed E-state index contributed by atoms with van der Waals surface area (Å²) in [6.45, 7) is 5.62. The summed E-state index contributed by atoms with van der Waals surface area (Å²) in [5, 5.41) is 13.9. The van der Waals surface area contributed by atoms with Crippen LogP contribution in [0.4, 0.5) is 0 Å². The Morgan fingerprint density at radius 1 is 1.23 bits per heavy atom. The molecule has 10 nitrogen and oxygen atoms in total. The monoisotopic (exact) mass is 503 g/mol. The fourth-order valence-electron chi connectivity index (χ4n) is 4.58. The van der Waals surface area contributed by atoms with Crippen molar-refractivity contribution in [1.29, 1.82) is 0 Å². The number of nitrogens with zero attached hydrogens (tertiary/aromatic N) is 5. The first kappa shape index (κ1) is 25.3. The lowest BCUT2D eigenvalue weighted by atomic mass is 9.96. The highest BCUT2D eigenvalue weighted by atomic mass is 32.2. The second kappa shape index (κ2) is 10.1. The number of carbonyl (C=O) groups is 1. The highest BCUT2D eigenvalue weighted by Crippen LogP contribution is 2.37. The standard InChI is InChI=1S/C24H33N5O5S/c1-24(2,3)23(30)33-16-28-11-9-19-20(14-25-27-22(19)28)18-13-26-29(15-18)21(17-7-5-6-8-17)10-12-34-35(4,31)32/h9,11,13-15,17,21H,5-8,10,12,16H2,1-4H3/t21-/m1/s1. The van der Waals surface area contributed by atoms with E-state index in [0.717, 1.165) is 35.6 Å². The maximum atomic E-state index is 12.2. The molecule has 4 rings (SSSR count). The molecule has 190 valence electrons. The Labute approximate surface area is 205 Å². The van der Waals surface area contributed by atoms with Crippen LogP contribution in [0.5, 0.6) is 0 Å². The lowest BCUT2D eigenvalue weighted by molar-refractivity contribution is -0.156. The number of fused-ring (bicyclic) bond motifs is 1. The lowest BCUT2D eigenvalue weighted by Crippen LogP contribution is -2.23. The molecule has 0 saturated heterocycles. The Morgan fingerprint density at radius 3 is 2.66 bits per heavy atom. The van der Waals surface area contributed by atoms with Crippen LogP contribution >= 0.6 is 0 Å². The van der Waals surface area contributed by atoms with Gasteiger partial charge in [-0.1, -0.05) is 12.8 Å². The Bertz CT molecular complexity index is 1290. The molecule has 3 aromatic rings. The van der Waals surface area contributed by atoms with Crippen molar-refractivity contribution in [2.75, 3.05) is 12.9 Å². The van der Waals surface area contributed by atoms with Crippen molar-refractivity contribution in [1.82, 2.24) is 24.5 Å². The molecule has 1 aliphatic carbocycles. The SMILES string of the molecule is CC(C)(C)C(=O)OCn1ccc2c(-c3cnn([C@H](CCOS(C)(=O)=O)C4CCCC4)c3)cnnc21. The first-order valence-electron chi connectivity index (χ1n) is 11.9. The van der Waals surface area contributed by atoms with Crippen LogP contribution in [-0.2, 0) is 30.6 Å². The zero-order valence-electron chi connectivity index (χ0n) is 20.7. The summed E-state index contributed by atoms with van der Waals surface area (Å²) in [6.07, 6.45) is 13.5. The molecule has 3 heterocycles. The largest absolute Gasteiger partial charge is 0.443 e. The summed E-state index contributed by atoms with van der Waals surface area (Å²) in [7, 11) is -3.48. The molecule has 1 saturated carbocycles. The summed E-state index contributed by atoms with van der Waals surface area (Å²) in [5.74, 6) is 0.141. The molecule has 1 atom stereocenters. The average molecular weight is 504 g/mol. The van der Waals surface area contributed by atoms with Gasteiger partial charge in [-0.3, -0.25) is 18.2 Å². The molecule has 0 bridgehead atoms. The lowest BCUT2D eigenvalue weighted by Gasteiger charge is -2.23. The van der Waals surface area contributed by atoms with Crippen LogP contribution in [-0.4, -0.2) is 51.8 Å². The predicted octanol–water partition coefficient (Wildman–Crippen LogP) is 3.94. The summed E-state index contributed by atoms with van der Waals surface area (Å²) < 4.78 is 37.0. The van der Waals surface area contributed by atoms with Crippen molar-refractivity contribution >= 4 is 27.1 Å². The van der Waals surface area contributed by atoms with Crippen LogP contribution in [0, 0.1) is 11.3 Å². The second-order valence-electron chi connectivity index (χ2n) is 10.2. The molecule has 0 aliphatic heterocycles. The van der Waals surface area contributed by atoms with E-state index in [4.69, 9.17) is 8.92 Å². The third kappa shape index (κ3) is 6.07. The molecular weight excluding hydrogens is 470 g/mol. The van der Waals surface area contributed by atoms with Crippen LogP contribution in [0.15, 0.2) is 30.9 Å². The predicted molar refractivity (Wildman–Crippen MR) is 131 cm³/mol. The fraction of sp³-hybridized carbons (Fsp3) is 0.583. The Kier molecular flexibility index (Phi) is 7.27. The van der Waals surface area contributed by atoms with Gasteiger partial charge in [0.05, 0.1) is 36.7 Å². The van der Waals surface area contributed by atoms with Crippen LogP contribution in [0.2, 0.25) is 0 Å². The van der Waals surface area contributed by atoms with E-state index in [1.807, 2.05) is 43.9 Å². The number of aromatic nitrogens is 5. The molecule has 0 aromatic carbocycles. The summed E-state index contributed by atoms with van der Waals surface area (Å²) in [6, 6.07) is 1.98. The first-order chi connectivity index (χ1) is 16.5. The zero-order valence-corrected chi connectivity index (χ0v) is 21.5. The van der Waals surface area contributed by atoms with Crippen LogP contribution in [0.25, 0.3) is 22.2 Å².